The van der Waals surface area contributed by atoms with E-state index >= 15 is 0 Å². The third-order valence-corrected chi connectivity index (χ3v) is 6.10. The first-order chi connectivity index (χ1) is 16.3. The molecule has 0 amide bonds. The molecule has 0 aromatic carbocycles. The quantitative estimate of drug-likeness (QED) is 0.0642. The van der Waals surface area contributed by atoms with Gasteiger partial charge in [-0.05, 0) is 32.1 Å². The molecule has 4 N–H and O–H groups in total. The summed E-state index contributed by atoms with van der Waals surface area (Å²) in [4.78, 5) is 21.1. The maximum absolute atomic E-state index is 11.7. The van der Waals surface area contributed by atoms with Crippen molar-refractivity contribution in [2.75, 3.05) is 26.4 Å². The maximum Gasteiger partial charge on any atom is 0.472 e. The Balaban J connectivity index is 3.56. The Bertz CT molecular complexity index is 557. The van der Waals surface area contributed by atoms with Crippen molar-refractivity contribution in [2.24, 2.45) is 0 Å². The van der Waals surface area contributed by atoms with Crippen LogP contribution in [0.5, 0.6) is 0 Å². The molecule has 0 saturated heterocycles. The third-order valence-electron chi connectivity index (χ3n) is 5.15. The number of hydrogen-bond donors (Lipinski definition) is 4. The Morgan fingerprint density at radius 1 is 0.794 bits per heavy atom. The second kappa shape index (κ2) is 22.7. The van der Waals surface area contributed by atoms with Gasteiger partial charge in [0.25, 0.3) is 0 Å². The van der Waals surface area contributed by atoms with Gasteiger partial charge in [0.15, 0.2) is 0 Å². The molecule has 0 aliphatic carbocycles. The number of hydrogen-bond acceptors (Lipinski definition) is 8. The minimum atomic E-state index is -4.48. The number of carbonyl (C=O) groups excluding carboxylic acids is 1. The van der Waals surface area contributed by atoms with Crippen LogP contribution in [0.4, 0.5) is 0 Å². The Morgan fingerprint density at radius 2 is 1.29 bits per heavy atom. The van der Waals surface area contributed by atoms with E-state index < -0.39 is 45.8 Å². The van der Waals surface area contributed by atoms with Gasteiger partial charge in [-0.25, -0.2) is 4.57 Å². The number of rotatable bonds is 24. The number of allylic oxidation sites excluding steroid dienone is 2. The number of phosphoric acid groups is 1. The van der Waals surface area contributed by atoms with E-state index in [0.717, 1.165) is 32.1 Å². The highest BCUT2D eigenvalue weighted by Gasteiger charge is 2.24. The molecule has 0 fully saturated rings. The van der Waals surface area contributed by atoms with E-state index in [1.807, 2.05) is 0 Å². The highest BCUT2D eigenvalue weighted by Crippen LogP contribution is 2.43. The molecule has 0 aliphatic rings. The summed E-state index contributed by atoms with van der Waals surface area (Å²) in [6, 6.07) is 0. The van der Waals surface area contributed by atoms with Crippen LogP contribution in [0.25, 0.3) is 0 Å². The van der Waals surface area contributed by atoms with Gasteiger partial charge in [-0.3, -0.25) is 13.8 Å². The Labute approximate surface area is 205 Å². The molecule has 0 bridgehead atoms. The molecule has 0 radical (unpaired) electrons. The first kappa shape index (κ1) is 33.2. The third kappa shape index (κ3) is 23.0. The first-order valence-electron chi connectivity index (χ1n) is 12.7. The van der Waals surface area contributed by atoms with Crippen molar-refractivity contribution in [3.8, 4) is 0 Å². The molecule has 10 heteroatoms. The monoisotopic (exact) mass is 510 g/mol. The maximum atomic E-state index is 11.7. The van der Waals surface area contributed by atoms with Crippen molar-refractivity contribution in [2.45, 2.75) is 109 Å². The largest absolute Gasteiger partial charge is 0.472 e. The zero-order chi connectivity index (χ0) is 25.5. The van der Waals surface area contributed by atoms with Crippen LogP contribution in [0.3, 0.4) is 0 Å². The van der Waals surface area contributed by atoms with Crippen LogP contribution >= 0.6 is 7.82 Å². The van der Waals surface area contributed by atoms with Crippen LogP contribution in [0, 0.1) is 0 Å². The highest BCUT2D eigenvalue weighted by atomic mass is 31.2. The van der Waals surface area contributed by atoms with Gasteiger partial charge < -0.3 is 24.9 Å². The van der Waals surface area contributed by atoms with E-state index in [1.165, 1.54) is 44.9 Å². The summed E-state index contributed by atoms with van der Waals surface area (Å²) in [5.41, 5.74) is 0. The van der Waals surface area contributed by atoms with Gasteiger partial charge in [0.2, 0.25) is 0 Å². The standard InChI is InChI=1S/C24H47O9P/c1-2-3-4-5-6-7-8-9-10-11-12-13-14-15-16-17-24(28)31-19-23(27)21-33-34(29,30)32-20-22(26)18-25/h9-10,22-23,25-27H,2-8,11-21H2,1H3,(H,29,30)/b10-9-/t22-,23+/m1/s1. The van der Waals surface area contributed by atoms with Crippen molar-refractivity contribution in [3.05, 3.63) is 12.2 Å². The van der Waals surface area contributed by atoms with E-state index in [4.69, 9.17) is 14.9 Å². The fraction of sp³-hybridized carbons (Fsp3) is 0.875. The van der Waals surface area contributed by atoms with E-state index in [0.29, 0.717) is 6.42 Å². The van der Waals surface area contributed by atoms with Crippen molar-refractivity contribution < 1.29 is 43.4 Å². The summed E-state index contributed by atoms with van der Waals surface area (Å²) in [7, 11) is -4.48. The van der Waals surface area contributed by atoms with Crippen molar-refractivity contribution >= 4 is 13.8 Å². The lowest BCUT2D eigenvalue weighted by molar-refractivity contribution is -0.147. The fourth-order valence-corrected chi connectivity index (χ4v) is 3.90. The molecule has 9 nitrogen and oxygen atoms in total. The summed E-state index contributed by atoms with van der Waals surface area (Å²) in [6.45, 7) is 0.0769. The average Bonchev–Trinajstić information content (AvgIpc) is 2.82. The summed E-state index contributed by atoms with van der Waals surface area (Å²) in [5, 5.41) is 27.4. The van der Waals surface area contributed by atoms with Crippen molar-refractivity contribution in [1.82, 2.24) is 0 Å². The molecule has 0 spiro atoms. The summed E-state index contributed by atoms with van der Waals surface area (Å²) in [5.74, 6) is -0.439. The number of carbonyl (C=O) groups is 1. The second-order valence-electron chi connectivity index (χ2n) is 8.57. The molecule has 0 aromatic heterocycles. The summed E-state index contributed by atoms with van der Waals surface area (Å²) in [6.07, 6.45) is 17.5. The van der Waals surface area contributed by atoms with E-state index in [-0.39, 0.29) is 13.0 Å². The Hall–Kier alpha value is -0.800. The van der Waals surface area contributed by atoms with Crippen LogP contribution in [0.2, 0.25) is 0 Å². The van der Waals surface area contributed by atoms with Gasteiger partial charge in [0, 0.05) is 6.42 Å². The molecule has 0 rings (SSSR count). The lowest BCUT2D eigenvalue weighted by Crippen LogP contribution is -2.24. The molecule has 0 saturated carbocycles. The molecule has 3 atom stereocenters. The number of esters is 1. The van der Waals surface area contributed by atoms with Gasteiger partial charge in [0.1, 0.15) is 18.8 Å². The molecule has 0 aliphatic heterocycles. The molecule has 0 aromatic rings. The topological polar surface area (TPSA) is 143 Å². The number of aliphatic hydroxyl groups excluding tert-OH is 3. The zero-order valence-electron chi connectivity index (χ0n) is 20.8. The number of phosphoric ester groups is 1. The molecular formula is C24H47O9P. The normalized spacial score (nSPS) is 15.3. The predicted octanol–water partition coefficient (Wildman–Crippen LogP) is 4.41. The molecular weight excluding hydrogens is 463 g/mol. The van der Waals surface area contributed by atoms with Gasteiger partial charge in [-0.15, -0.1) is 0 Å². The number of ether oxygens (including phenoxy) is 1. The average molecular weight is 511 g/mol. The lowest BCUT2D eigenvalue weighted by atomic mass is 10.1. The van der Waals surface area contributed by atoms with Crippen LogP contribution in [0.1, 0.15) is 96.8 Å². The first-order valence-corrected chi connectivity index (χ1v) is 14.2. The minimum Gasteiger partial charge on any atom is -0.463 e. The smallest absolute Gasteiger partial charge is 0.463 e. The molecule has 0 heterocycles. The van der Waals surface area contributed by atoms with Crippen LogP contribution in [-0.2, 0) is 23.1 Å². The minimum absolute atomic E-state index is 0.256. The lowest BCUT2D eigenvalue weighted by Gasteiger charge is -2.16. The molecule has 202 valence electrons. The Kier molecular flexibility index (Phi) is 22.1. The molecule has 1 unspecified atom stereocenters. The van der Waals surface area contributed by atoms with Gasteiger partial charge >= 0.3 is 13.8 Å². The zero-order valence-corrected chi connectivity index (χ0v) is 21.7. The summed E-state index contributed by atoms with van der Waals surface area (Å²) < 4.78 is 25.5. The number of aliphatic hydroxyl groups is 3. The highest BCUT2D eigenvalue weighted by molar-refractivity contribution is 7.47. The van der Waals surface area contributed by atoms with Crippen LogP contribution < -0.4 is 0 Å². The van der Waals surface area contributed by atoms with E-state index in [9.17, 15) is 19.4 Å². The predicted molar refractivity (Wildman–Crippen MR) is 131 cm³/mol. The van der Waals surface area contributed by atoms with Gasteiger partial charge in [-0.1, -0.05) is 70.4 Å². The van der Waals surface area contributed by atoms with E-state index in [2.05, 4.69) is 28.1 Å². The van der Waals surface area contributed by atoms with Crippen molar-refractivity contribution in [3.63, 3.8) is 0 Å². The summed E-state index contributed by atoms with van der Waals surface area (Å²) >= 11 is 0. The Morgan fingerprint density at radius 3 is 1.85 bits per heavy atom. The SMILES string of the molecule is CCCCCCCC/C=C\CCCCCCCC(=O)OC[C@H](O)COP(=O)(O)OC[C@H](O)CO. The second-order valence-corrected chi connectivity index (χ2v) is 10.0. The van der Waals surface area contributed by atoms with Gasteiger partial charge in [-0.2, -0.15) is 0 Å². The number of unbranched alkanes of at least 4 members (excludes halogenated alkanes) is 11. The van der Waals surface area contributed by atoms with Crippen LogP contribution in [-0.4, -0.2) is 64.8 Å². The van der Waals surface area contributed by atoms with Crippen molar-refractivity contribution in [1.29, 1.82) is 0 Å². The fourth-order valence-electron chi connectivity index (χ4n) is 3.10. The molecule has 34 heavy (non-hydrogen) atoms. The van der Waals surface area contributed by atoms with Gasteiger partial charge in [0.05, 0.1) is 19.8 Å². The van der Waals surface area contributed by atoms with Crippen LogP contribution in [0.15, 0.2) is 12.2 Å². The van der Waals surface area contributed by atoms with E-state index in [1.54, 1.807) is 0 Å².